The molecule has 6 heteroatoms. The van der Waals surface area contributed by atoms with Crippen LogP contribution in [-0.2, 0) is 4.74 Å². The Kier molecular flexibility index (Phi) is 2.78. The van der Waals surface area contributed by atoms with Crippen molar-refractivity contribution in [3.63, 3.8) is 0 Å². The lowest BCUT2D eigenvalue weighted by Crippen LogP contribution is -2.00. The van der Waals surface area contributed by atoms with E-state index in [1.165, 1.54) is 0 Å². The first kappa shape index (κ1) is 12.5. The third-order valence-electron chi connectivity index (χ3n) is 3.88. The molecule has 1 aliphatic rings. The third-order valence-corrected chi connectivity index (χ3v) is 3.88. The van der Waals surface area contributed by atoms with Crippen LogP contribution in [0.25, 0.3) is 17.2 Å². The van der Waals surface area contributed by atoms with Crippen LogP contribution in [0.3, 0.4) is 0 Å². The topological polar surface area (TPSA) is 65.5 Å². The number of aryl methyl sites for hydroxylation is 2. The van der Waals surface area contributed by atoms with Gasteiger partial charge in [-0.3, -0.25) is 4.40 Å². The number of hydrogen-bond acceptors (Lipinski definition) is 5. The van der Waals surface area contributed by atoms with Gasteiger partial charge in [-0.1, -0.05) is 11.2 Å². The molecule has 6 nitrogen and oxygen atoms in total. The number of imidazole rings is 1. The zero-order valence-electron chi connectivity index (χ0n) is 12.0. The lowest BCUT2D eigenvalue weighted by atomic mass is 10.1. The van der Waals surface area contributed by atoms with Crippen LogP contribution >= 0.6 is 0 Å². The second-order valence-electron chi connectivity index (χ2n) is 5.50. The van der Waals surface area contributed by atoms with Crippen molar-refractivity contribution in [2.75, 3.05) is 13.2 Å². The SMILES string of the molecule is Cc1ccc2nc(C)c(-c3nc(C4CCOC4)no3)n2c1. The van der Waals surface area contributed by atoms with E-state index in [1.54, 1.807) is 0 Å². The molecule has 0 N–H and O–H groups in total. The number of ether oxygens (including phenoxy) is 1. The maximum Gasteiger partial charge on any atom is 0.276 e. The van der Waals surface area contributed by atoms with E-state index in [0.29, 0.717) is 12.5 Å². The normalized spacial score (nSPS) is 18.7. The van der Waals surface area contributed by atoms with Gasteiger partial charge >= 0.3 is 0 Å². The molecular weight excluding hydrogens is 268 g/mol. The van der Waals surface area contributed by atoms with Crippen molar-refractivity contribution in [1.82, 2.24) is 19.5 Å². The average molecular weight is 284 g/mol. The molecule has 108 valence electrons. The van der Waals surface area contributed by atoms with Crippen molar-refractivity contribution in [2.45, 2.75) is 26.2 Å². The van der Waals surface area contributed by atoms with Crippen molar-refractivity contribution in [3.8, 4) is 11.6 Å². The van der Waals surface area contributed by atoms with Crippen LogP contribution in [0.15, 0.2) is 22.9 Å². The molecule has 1 atom stereocenters. The van der Waals surface area contributed by atoms with Crippen molar-refractivity contribution in [1.29, 1.82) is 0 Å². The van der Waals surface area contributed by atoms with E-state index in [9.17, 15) is 0 Å². The minimum Gasteiger partial charge on any atom is -0.381 e. The second-order valence-corrected chi connectivity index (χ2v) is 5.50. The van der Waals surface area contributed by atoms with E-state index in [1.807, 2.05) is 36.6 Å². The first-order valence-corrected chi connectivity index (χ1v) is 7.09. The molecule has 0 saturated carbocycles. The molecule has 1 aliphatic heterocycles. The van der Waals surface area contributed by atoms with Crippen LogP contribution < -0.4 is 0 Å². The van der Waals surface area contributed by atoms with Crippen LogP contribution in [-0.4, -0.2) is 32.7 Å². The van der Waals surface area contributed by atoms with Gasteiger partial charge in [-0.2, -0.15) is 4.98 Å². The molecule has 0 spiro atoms. The molecular formula is C15H16N4O2. The van der Waals surface area contributed by atoms with E-state index >= 15 is 0 Å². The Hall–Kier alpha value is -2.21. The summed E-state index contributed by atoms with van der Waals surface area (Å²) in [5.74, 6) is 1.49. The van der Waals surface area contributed by atoms with Crippen LogP contribution in [0.2, 0.25) is 0 Å². The number of rotatable bonds is 2. The van der Waals surface area contributed by atoms with E-state index < -0.39 is 0 Å². The molecule has 0 radical (unpaired) electrons. The predicted molar refractivity (Wildman–Crippen MR) is 76.1 cm³/mol. The summed E-state index contributed by atoms with van der Waals surface area (Å²) in [6, 6.07) is 4.04. The molecule has 3 aromatic heterocycles. The van der Waals surface area contributed by atoms with Gasteiger partial charge in [-0.15, -0.1) is 0 Å². The highest BCUT2D eigenvalue weighted by Crippen LogP contribution is 2.28. The molecule has 0 aromatic carbocycles. The summed E-state index contributed by atoms with van der Waals surface area (Å²) >= 11 is 0. The van der Waals surface area contributed by atoms with Crippen LogP contribution in [0.5, 0.6) is 0 Å². The molecule has 1 unspecified atom stereocenters. The Labute approximate surface area is 121 Å². The minimum absolute atomic E-state index is 0.240. The lowest BCUT2D eigenvalue weighted by Gasteiger charge is -2.00. The molecule has 1 saturated heterocycles. The number of fused-ring (bicyclic) bond motifs is 1. The van der Waals surface area contributed by atoms with E-state index in [4.69, 9.17) is 9.26 Å². The third kappa shape index (κ3) is 2.03. The molecule has 3 aromatic rings. The zero-order chi connectivity index (χ0) is 14.4. The van der Waals surface area contributed by atoms with E-state index in [0.717, 1.165) is 41.5 Å². The highest BCUT2D eigenvalue weighted by Gasteiger charge is 2.25. The first-order valence-electron chi connectivity index (χ1n) is 7.09. The van der Waals surface area contributed by atoms with Gasteiger partial charge in [0.2, 0.25) is 0 Å². The molecule has 0 amide bonds. The quantitative estimate of drug-likeness (QED) is 0.723. The Morgan fingerprint density at radius 1 is 1.24 bits per heavy atom. The van der Waals surface area contributed by atoms with Gasteiger partial charge in [0, 0.05) is 18.7 Å². The fraction of sp³-hybridized carbons (Fsp3) is 0.400. The molecule has 1 fully saturated rings. The monoisotopic (exact) mass is 284 g/mol. The maximum absolute atomic E-state index is 5.47. The highest BCUT2D eigenvalue weighted by molar-refractivity contribution is 5.60. The summed E-state index contributed by atoms with van der Waals surface area (Å²) in [7, 11) is 0. The van der Waals surface area contributed by atoms with E-state index in [-0.39, 0.29) is 5.92 Å². The summed E-state index contributed by atoms with van der Waals surface area (Å²) in [6.45, 7) is 5.44. The minimum atomic E-state index is 0.240. The van der Waals surface area contributed by atoms with Crippen molar-refractivity contribution < 1.29 is 9.26 Å². The molecule has 0 bridgehead atoms. The van der Waals surface area contributed by atoms with E-state index in [2.05, 4.69) is 15.1 Å². The average Bonchev–Trinajstić information content (AvgIpc) is 3.15. The van der Waals surface area contributed by atoms with Gasteiger partial charge in [-0.25, -0.2) is 4.98 Å². The van der Waals surface area contributed by atoms with Gasteiger partial charge in [0.1, 0.15) is 11.3 Å². The zero-order valence-corrected chi connectivity index (χ0v) is 12.0. The van der Waals surface area contributed by atoms with Crippen molar-refractivity contribution in [2.24, 2.45) is 0 Å². The summed E-state index contributed by atoms with van der Waals surface area (Å²) in [6.07, 6.45) is 2.98. The number of aromatic nitrogens is 4. The van der Waals surface area contributed by atoms with Gasteiger partial charge in [-0.05, 0) is 31.9 Å². The van der Waals surface area contributed by atoms with Gasteiger partial charge < -0.3 is 9.26 Å². The fourth-order valence-corrected chi connectivity index (χ4v) is 2.76. The Morgan fingerprint density at radius 3 is 2.95 bits per heavy atom. The number of hydrogen-bond donors (Lipinski definition) is 0. The molecule has 21 heavy (non-hydrogen) atoms. The van der Waals surface area contributed by atoms with Gasteiger partial charge in [0.15, 0.2) is 5.82 Å². The first-order chi connectivity index (χ1) is 10.2. The number of nitrogens with zero attached hydrogens (tertiary/aromatic N) is 4. The van der Waals surface area contributed by atoms with Crippen LogP contribution in [0.1, 0.15) is 29.4 Å². The second kappa shape index (κ2) is 4.66. The smallest absolute Gasteiger partial charge is 0.276 e. The highest BCUT2D eigenvalue weighted by atomic mass is 16.5. The van der Waals surface area contributed by atoms with Gasteiger partial charge in [0.25, 0.3) is 5.89 Å². The van der Waals surface area contributed by atoms with Crippen LogP contribution in [0.4, 0.5) is 0 Å². The summed E-state index contributed by atoms with van der Waals surface area (Å²) < 4.78 is 12.9. The summed E-state index contributed by atoms with van der Waals surface area (Å²) in [4.78, 5) is 9.10. The molecule has 4 rings (SSSR count). The summed E-state index contributed by atoms with van der Waals surface area (Å²) in [5.41, 5.74) is 3.80. The Morgan fingerprint density at radius 2 is 2.14 bits per heavy atom. The largest absolute Gasteiger partial charge is 0.381 e. The number of pyridine rings is 1. The Bertz CT molecular complexity index is 799. The maximum atomic E-state index is 5.47. The molecule has 0 aliphatic carbocycles. The van der Waals surface area contributed by atoms with Crippen molar-refractivity contribution >= 4 is 5.65 Å². The summed E-state index contributed by atoms with van der Waals surface area (Å²) in [5, 5.41) is 4.12. The van der Waals surface area contributed by atoms with Crippen molar-refractivity contribution in [3.05, 3.63) is 35.4 Å². The lowest BCUT2D eigenvalue weighted by molar-refractivity contribution is 0.192. The predicted octanol–water partition coefficient (Wildman–Crippen LogP) is 2.51. The van der Waals surface area contributed by atoms with Gasteiger partial charge in [0.05, 0.1) is 12.3 Å². The standard InChI is InChI=1S/C15H16N4O2/c1-9-3-4-12-16-10(2)13(19(12)7-9)15-17-14(18-21-15)11-5-6-20-8-11/h3-4,7,11H,5-6,8H2,1-2H3. The Balaban J connectivity index is 1.82. The molecule has 4 heterocycles. The van der Waals surface area contributed by atoms with Crippen LogP contribution in [0, 0.1) is 13.8 Å². The fourth-order valence-electron chi connectivity index (χ4n) is 2.76.